The quantitative estimate of drug-likeness (QED) is 0.532. The van der Waals surface area contributed by atoms with Crippen LogP contribution < -0.4 is 10.1 Å². The van der Waals surface area contributed by atoms with Crippen molar-refractivity contribution in [1.82, 2.24) is 20.1 Å². The van der Waals surface area contributed by atoms with E-state index in [0.29, 0.717) is 17.6 Å². The molecule has 2 heterocycles. The molecule has 0 saturated heterocycles. The van der Waals surface area contributed by atoms with Crippen molar-refractivity contribution < 1.29 is 9.53 Å². The molecule has 1 amide bonds. The van der Waals surface area contributed by atoms with Gasteiger partial charge in [-0.25, -0.2) is 4.68 Å². The molecule has 1 N–H and O–H groups in total. The second-order valence-electron chi connectivity index (χ2n) is 7.57. The summed E-state index contributed by atoms with van der Waals surface area (Å²) >= 11 is 0. The summed E-state index contributed by atoms with van der Waals surface area (Å²) in [5.41, 5.74) is 4.52. The van der Waals surface area contributed by atoms with Crippen LogP contribution in [-0.2, 0) is 4.79 Å². The highest BCUT2D eigenvalue weighted by atomic mass is 16.5. The molecule has 6 nitrogen and oxygen atoms in total. The van der Waals surface area contributed by atoms with E-state index in [1.807, 2.05) is 78.3 Å². The summed E-state index contributed by atoms with van der Waals surface area (Å²) in [7, 11) is 0. The Bertz CT molecular complexity index is 1200. The molecule has 0 radical (unpaired) electrons. The third kappa shape index (κ3) is 3.64. The average molecular weight is 398 g/mol. The van der Waals surface area contributed by atoms with Crippen molar-refractivity contribution in [2.45, 2.75) is 25.8 Å². The number of carbonyl (C=O) groups excluding carboxylic acids is 1. The van der Waals surface area contributed by atoms with Crippen molar-refractivity contribution in [1.29, 1.82) is 0 Å². The molecule has 6 heteroatoms. The first-order valence-corrected chi connectivity index (χ1v) is 10.1. The van der Waals surface area contributed by atoms with Gasteiger partial charge in [0.05, 0.1) is 11.1 Å². The molecule has 150 valence electrons. The lowest BCUT2D eigenvalue weighted by Crippen LogP contribution is -2.30. The predicted molar refractivity (Wildman–Crippen MR) is 116 cm³/mol. The van der Waals surface area contributed by atoms with Crippen molar-refractivity contribution in [3.63, 3.8) is 0 Å². The first-order valence-electron chi connectivity index (χ1n) is 10.1. The van der Waals surface area contributed by atoms with Gasteiger partial charge in [-0.3, -0.25) is 4.79 Å². The number of amides is 1. The summed E-state index contributed by atoms with van der Waals surface area (Å²) in [6.45, 7) is 1.98. The van der Waals surface area contributed by atoms with Crippen LogP contribution in [0, 0.1) is 6.92 Å². The predicted octanol–water partition coefficient (Wildman–Crippen LogP) is 4.05. The van der Waals surface area contributed by atoms with E-state index in [0.717, 1.165) is 40.7 Å². The molecule has 0 atom stereocenters. The number of benzene rings is 2. The van der Waals surface area contributed by atoms with Crippen molar-refractivity contribution in [3.8, 4) is 22.8 Å². The number of pyridine rings is 1. The van der Waals surface area contributed by atoms with Crippen molar-refractivity contribution >= 4 is 16.9 Å². The lowest BCUT2D eigenvalue weighted by molar-refractivity contribution is -0.123. The Morgan fingerprint density at radius 2 is 1.80 bits per heavy atom. The summed E-state index contributed by atoms with van der Waals surface area (Å²) < 4.78 is 7.56. The van der Waals surface area contributed by atoms with Gasteiger partial charge < -0.3 is 10.1 Å². The van der Waals surface area contributed by atoms with Gasteiger partial charge in [0, 0.05) is 17.7 Å². The van der Waals surface area contributed by atoms with E-state index in [1.54, 1.807) is 0 Å². The van der Waals surface area contributed by atoms with E-state index < -0.39 is 0 Å². The van der Waals surface area contributed by atoms with Crippen LogP contribution in [0.2, 0.25) is 0 Å². The topological polar surface area (TPSA) is 69.0 Å². The molecule has 1 aliphatic carbocycles. The molecule has 1 fully saturated rings. The number of rotatable bonds is 6. The van der Waals surface area contributed by atoms with Crippen LogP contribution in [0.15, 0.2) is 66.7 Å². The zero-order valence-electron chi connectivity index (χ0n) is 16.7. The Morgan fingerprint density at radius 1 is 1.10 bits per heavy atom. The Balaban J connectivity index is 1.58. The van der Waals surface area contributed by atoms with Crippen LogP contribution >= 0.6 is 0 Å². The minimum Gasteiger partial charge on any atom is -0.468 e. The Labute approximate surface area is 174 Å². The first kappa shape index (κ1) is 18.4. The van der Waals surface area contributed by atoms with Gasteiger partial charge in [0.25, 0.3) is 5.91 Å². The number of nitrogens with zero attached hydrogens (tertiary/aromatic N) is 3. The number of ether oxygens (including phenoxy) is 1. The number of para-hydroxylation sites is 1. The van der Waals surface area contributed by atoms with Gasteiger partial charge in [-0.2, -0.15) is 10.1 Å². The Hall–Kier alpha value is -3.67. The van der Waals surface area contributed by atoms with Gasteiger partial charge in [-0.15, -0.1) is 0 Å². The number of aromatic nitrogens is 3. The maximum Gasteiger partial charge on any atom is 0.258 e. The largest absolute Gasteiger partial charge is 0.468 e. The maximum atomic E-state index is 12.0. The zero-order valence-corrected chi connectivity index (χ0v) is 16.7. The number of hydrogen-bond donors (Lipinski definition) is 1. The lowest BCUT2D eigenvalue weighted by atomic mass is 10.1. The molecule has 0 aliphatic heterocycles. The number of aryl methyl sites for hydroxylation is 1. The third-order valence-corrected chi connectivity index (χ3v) is 5.15. The number of nitrogens with one attached hydrogen (secondary N) is 1. The fourth-order valence-corrected chi connectivity index (χ4v) is 3.53. The van der Waals surface area contributed by atoms with Crippen LogP contribution in [0.5, 0.6) is 5.88 Å². The lowest BCUT2D eigenvalue weighted by Gasteiger charge is -2.09. The molecule has 0 bridgehead atoms. The van der Waals surface area contributed by atoms with Crippen LogP contribution in [-0.4, -0.2) is 33.3 Å². The molecule has 4 aromatic rings. The second kappa shape index (κ2) is 7.63. The number of fused-ring (bicyclic) bond motifs is 1. The van der Waals surface area contributed by atoms with Crippen LogP contribution in [0.1, 0.15) is 18.4 Å². The molecule has 0 spiro atoms. The van der Waals surface area contributed by atoms with Crippen LogP contribution in [0.25, 0.3) is 28.0 Å². The van der Waals surface area contributed by atoms with E-state index in [9.17, 15) is 4.79 Å². The first-order chi connectivity index (χ1) is 14.7. The van der Waals surface area contributed by atoms with Crippen LogP contribution in [0.3, 0.4) is 0 Å². The van der Waals surface area contributed by atoms with Gasteiger partial charge in [0.1, 0.15) is 5.69 Å². The van der Waals surface area contributed by atoms with Gasteiger partial charge in [0.15, 0.2) is 12.3 Å². The van der Waals surface area contributed by atoms with Gasteiger partial charge >= 0.3 is 0 Å². The molecule has 0 unspecified atom stereocenters. The minimum absolute atomic E-state index is 0.0422. The SMILES string of the molecule is Cc1cc(OCC(=O)NC2CC2)nc2c1c(-c1ccccc1)nn2-c1ccccc1. The molecule has 2 aromatic carbocycles. The number of carbonyl (C=O) groups is 1. The molecule has 30 heavy (non-hydrogen) atoms. The fourth-order valence-electron chi connectivity index (χ4n) is 3.53. The highest BCUT2D eigenvalue weighted by Gasteiger charge is 2.23. The standard InChI is InChI=1S/C24H22N4O2/c1-16-14-21(30-15-20(29)25-18-12-13-18)26-24-22(16)23(17-8-4-2-5-9-17)27-28(24)19-10-6-3-7-11-19/h2-11,14,18H,12-13,15H2,1H3,(H,25,29). The monoisotopic (exact) mass is 398 g/mol. The second-order valence-corrected chi connectivity index (χ2v) is 7.57. The summed E-state index contributed by atoms with van der Waals surface area (Å²) in [6.07, 6.45) is 2.10. The molecular formula is C24H22N4O2. The Morgan fingerprint density at radius 3 is 2.50 bits per heavy atom. The Kier molecular flexibility index (Phi) is 4.67. The average Bonchev–Trinajstić information content (AvgIpc) is 3.50. The molecular weight excluding hydrogens is 376 g/mol. The summed E-state index contributed by atoms with van der Waals surface area (Å²) in [4.78, 5) is 16.7. The van der Waals surface area contributed by atoms with E-state index in [4.69, 9.17) is 14.8 Å². The zero-order chi connectivity index (χ0) is 20.5. The van der Waals surface area contributed by atoms with E-state index >= 15 is 0 Å². The number of hydrogen-bond acceptors (Lipinski definition) is 4. The van der Waals surface area contributed by atoms with Crippen molar-refractivity contribution in [2.75, 3.05) is 6.61 Å². The summed E-state index contributed by atoms with van der Waals surface area (Å²) in [6, 6.07) is 22.2. The van der Waals surface area contributed by atoms with E-state index in [1.165, 1.54) is 0 Å². The smallest absolute Gasteiger partial charge is 0.258 e. The highest BCUT2D eigenvalue weighted by Crippen LogP contribution is 2.33. The molecule has 1 aliphatic rings. The molecule has 1 saturated carbocycles. The third-order valence-electron chi connectivity index (χ3n) is 5.15. The van der Waals surface area contributed by atoms with Gasteiger partial charge in [-0.05, 0) is 37.5 Å². The minimum atomic E-state index is -0.112. The van der Waals surface area contributed by atoms with Crippen molar-refractivity contribution in [2.24, 2.45) is 0 Å². The fraction of sp³-hybridized carbons (Fsp3) is 0.208. The highest BCUT2D eigenvalue weighted by molar-refractivity contribution is 5.95. The van der Waals surface area contributed by atoms with Crippen LogP contribution in [0.4, 0.5) is 0 Å². The van der Waals surface area contributed by atoms with Gasteiger partial charge in [-0.1, -0.05) is 48.5 Å². The van der Waals surface area contributed by atoms with Gasteiger partial charge in [0.2, 0.25) is 5.88 Å². The van der Waals surface area contributed by atoms with E-state index in [2.05, 4.69) is 5.32 Å². The molecule has 2 aromatic heterocycles. The van der Waals surface area contributed by atoms with E-state index in [-0.39, 0.29) is 12.5 Å². The summed E-state index contributed by atoms with van der Waals surface area (Å²) in [5, 5.41) is 8.80. The summed E-state index contributed by atoms with van der Waals surface area (Å²) in [5.74, 6) is 0.307. The molecule has 5 rings (SSSR count). The maximum absolute atomic E-state index is 12.0. The van der Waals surface area contributed by atoms with Crippen molar-refractivity contribution in [3.05, 3.63) is 72.3 Å². The normalized spacial score (nSPS) is 13.4.